The number of nitrogens with zero attached hydrogens (tertiary/aromatic N) is 3. The Balaban J connectivity index is 1.42. The molecule has 1 aliphatic heterocycles. The topological polar surface area (TPSA) is 35.9 Å². The predicted octanol–water partition coefficient (Wildman–Crippen LogP) is 5.40. The summed E-state index contributed by atoms with van der Waals surface area (Å²) in [5.41, 5.74) is 4.21. The van der Waals surface area contributed by atoms with Crippen molar-refractivity contribution in [1.82, 2.24) is 9.80 Å². The van der Waals surface area contributed by atoms with Gasteiger partial charge in [0.2, 0.25) is 0 Å². The Morgan fingerprint density at radius 3 is 2.19 bits per heavy atom. The van der Waals surface area contributed by atoms with Gasteiger partial charge in [0, 0.05) is 43.5 Å². The first-order valence-electron chi connectivity index (χ1n) is 11.7. The molecule has 1 saturated heterocycles. The van der Waals surface area contributed by atoms with E-state index >= 15 is 0 Å². The van der Waals surface area contributed by atoms with Crippen LogP contribution in [0.2, 0.25) is 0 Å². The molecule has 2 aromatic carbocycles. The summed E-state index contributed by atoms with van der Waals surface area (Å²) in [6.45, 7) is 7.59. The van der Waals surface area contributed by atoms with Gasteiger partial charge in [0.25, 0.3) is 5.91 Å². The number of rotatable bonds is 5. The summed E-state index contributed by atoms with van der Waals surface area (Å²) in [5, 5.41) is 0. The van der Waals surface area contributed by atoms with Crippen LogP contribution in [0.25, 0.3) is 5.70 Å². The fourth-order valence-electron chi connectivity index (χ4n) is 4.46. The number of halogens is 1. The van der Waals surface area contributed by atoms with E-state index in [4.69, 9.17) is 4.99 Å². The molecule has 1 saturated carbocycles. The molecule has 0 unspecified atom stereocenters. The molecule has 5 heteroatoms. The van der Waals surface area contributed by atoms with Crippen molar-refractivity contribution in [2.24, 2.45) is 4.99 Å². The van der Waals surface area contributed by atoms with Crippen molar-refractivity contribution in [2.45, 2.75) is 45.6 Å². The highest BCUT2D eigenvalue weighted by molar-refractivity contribution is 6.02. The van der Waals surface area contributed by atoms with Crippen molar-refractivity contribution in [3.05, 3.63) is 77.1 Å². The van der Waals surface area contributed by atoms with Crippen LogP contribution >= 0.6 is 0 Å². The third-order valence-electron chi connectivity index (χ3n) is 6.66. The van der Waals surface area contributed by atoms with Gasteiger partial charge in [-0.25, -0.2) is 4.39 Å². The van der Waals surface area contributed by atoms with Crippen molar-refractivity contribution in [3.8, 4) is 0 Å². The van der Waals surface area contributed by atoms with E-state index in [-0.39, 0.29) is 11.7 Å². The maximum absolute atomic E-state index is 13.2. The summed E-state index contributed by atoms with van der Waals surface area (Å²) >= 11 is 0. The Hall–Kier alpha value is -2.79. The Morgan fingerprint density at radius 2 is 1.56 bits per heavy atom. The van der Waals surface area contributed by atoms with Crippen molar-refractivity contribution < 1.29 is 9.18 Å². The molecule has 0 aromatic heterocycles. The van der Waals surface area contributed by atoms with Crippen LogP contribution < -0.4 is 0 Å². The average Bonchev–Trinajstić information content (AvgIpc) is 3.02. The molecule has 0 N–H and O–H groups in total. The van der Waals surface area contributed by atoms with Crippen LogP contribution in [0.5, 0.6) is 0 Å². The van der Waals surface area contributed by atoms with Crippen molar-refractivity contribution >= 4 is 17.3 Å². The summed E-state index contributed by atoms with van der Waals surface area (Å²) in [4.78, 5) is 22.4. The second-order valence-electron chi connectivity index (χ2n) is 8.72. The van der Waals surface area contributed by atoms with Crippen molar-refractivity contribution in [1.29, 1.82) is 0 Å². The lowest BCUT2D eigenvalue weighted by Crippen LogP contribution is -2.42. The lowest BCUT2D eigenvalue weighted by atomic mass is 9.91. The highest BCUT2D eigenvalue weighted by Crippen LogP contribution is 2.26. The average molecular weight is 434 g/mol. The van der Waals surface area contributed by atoms with Crippen molar-refractivity contribution in [2.75, 3.05) is 26.2 Å². The normalized spacial score (nSPS) is 18.9. The standard InChI is InChI=1S/C27H32FN3O/c1-3-26(22-12-14-24(28)15-13-22)29-20(2)21-8-10-23(11-9-21)27(32)31-17-5-16-30(18-19-31)25-6-4-7-25/h3,8-15,25H,4-7,16-19H2,1-2H3/b26-3-,29-20?. The van der Waals surface area contributed by atoms with Gasteiger partial charge in [-0.05, 0) is 80.6 Å². The highest BCUT2D eigenvalue weighted by Gasteiger charge is 2.28. The molecule has 0 atom stereocenters. The number of aliphatic imine (C=N–C) groups is 1. The first-order chi connectivity index (χ1) is 15.5. The molecule has 2 fully saturated rings. The lowest BCUT2D eigenvalue weighted by molar-refractivity contribution is 0.0749. The summed E-state index contributed by atoms with van der Waals surface area (Å²) in [7, 11) is 0. The zero-order valence-corrected chi connectivity index (χ0v) is 19.1. The van der Waals surface area contributed by atoms with E-state index in [1.54, 1.807) is 12.1 Å². The van der Waals surface area contributed by atoms with E-state index in [0.717, 1.165) is 66.7 Å². The van der Waals surface area contributed by atoms with Gasteiger partial charge in [-0.2, -0.15) is 0 Å². The molecule has 32 heavy (non-hydrogen) atoms. The van der Waals surface area contributed by atoms with Gasteiger partial charge in [0.15, 0.2) is 0 Å². The Labute approximate surface area is 190 Å². The molecule has 4 rings (SSSR count). The molecule has 4 nitrogen and oxygen atoms in total. The quantitative estimate of drug-likeness (QED) is 0.592. The molecule has 168 valence electrons. The number of hydrogen-bond acceptors (Lipinski definition) is 3. The van der Waals surface area contributed by atoms with E-state index in [1.165, 1.54) is 31.4 Å². The summed E-state index contributed by atoms with van der Waals surface area (Å²) in [6.07, 6.45) is 6.93. The van der Waals surface area contributed by atoms with Crippen LogP contribution in [0, 0.1) is 5.82 Å². The third kappa shape index (κ3) is 5.16. The van der Waals surface area contributed by atoms with Gasteiger partial charge in [-0.3, -0.25) is 14.7 Å². The smallest absolute Gasteiger partial charge is 0.253 e. The molecule has 1 heterocycles. The largest absolute Gasteiger partial charge is 0.337 e. The number of hydrogen-bond donors (Lipinski definition) is 0. The number of carbonyl (C=O) groups is 1. The second-order valence-corrected chi connectivity index (χ2v) is 8.72. The van der Waals surface area contributed by atoms with Crippen LogP contribution in [-0.2, 0) is 0 Å². The second kappa shape index (κ2) is 10.2. The number of benzene rings is 2. The predicted molar refractivity (Wildman–Crippen MR) is 128 cm³/mol. The minimum absolute atomic E-state index is 0.113. The molecule has 0 bridgehead atoms. The molecular formula is C27H32FN3O. The van der Waals surface area contributed by atoms with Crippen LogP contribution in [0.3, 0.4) is 0 Å². The zero-order chi connectivity index (χ0) is 22.5. The van der Waals surface area contributed by atoms with E-state index in [0.29, 0.717) is 0 Å². The highest BCUT2D eigenvalue weighted by atomic mass is 19.1. The summed E-state index contributed by atoms with van der Waals surface area (Å²) in [6, 6.07) is 14.8. The molecular weight excluding hydrogens is 401 g/mol. The Morgan fingerprint density at radius 1 is 0.906 bits per heavy atom. The molecule has 1 aliphatic carbocycles. The van der Waals surface area contributed by atoms with E-state index < -0.39 is 0 Å². The molecule has 2 aromatic rings. The fraction of sp³-hybridized carbons (Fsp3) is 0.407. The molecule has 0 spiro atoms. The van der Waals surface area contributed by atoms with Crippen LogP contribution in [0.4, 0.5) is 4.39 Å². The first-order valence-corrected chi connectivity index (χ1v) is 11.7. The monoisotopic (exact) mass is 433 g/mol. The van der Waals surface area contributed by atoms with Gasteiger partial charge in [0.05, 0.1) is 5.70 Å². The maximum atomic E-state index is 13.2. The van der Waals surface area contributed by atoms with E-state index in [1.807, 2.05) is 49.1 Å². The van der Waals surface area contributed by atoms with E-state index in [2.05, 4.69) is 4.90 Å². The molecule has 2 aliphatic rings. The Kier molecular flexibility index (Phi) is 7.15. The Bertz CT molecular complexity index is 991. The number of amides is 1. The van der Waals surface area contributed by atoms with Gasteiger partial charge >= 0.3 is 0 Å². The fourth-order valence-corrected chi connectivity index (χ4v) is 4.46. The van der Waals surface area contributed by atoms with Gasteiger partial charge in [0.1, 0.15) is 5.82 Å². The lowest BCUT2D eigenvalue weighted by Gasteiger charge is -2.36. The van der Waals surface area contributed by atoms with Gasteiger partial charge in [-0.15, -0.1) is 0 Å². The van der Waals surface area contributed by atoms with Gasteiger partial charge < -0.3 is 4.90 Å². The number of carbonyl (C=O) groups excluding carboxylic acids is 1. The number of allylic oxidation sites excluding steroid dienone is 1. The minimum Gasteiger partial charge on any atom is -0.337 e. The maximum Gasteiger partial charge on any atom is 0.253 e. The minimum atomic E-state index is -0.259. The third-order valence-corrected chi connectivity index (χ3v) is 6.66. The SMILES string of the molecule is C/C=C(\N=C(C)c1ccc(C(=O)N2CCCN(C3CCC3)CC2)cc1)c1ccc(F)cc1. The van der Waals surface area contributed by atoms with Crippen LogP contribution in [-0.4, -0.2) is 53.6 Å². The summed E-state index contributed by atoms with van der Waals surface area (Å²) < 4.78 is 13.2. The summed E-state index contributed by atoms with van der Waals surface area (Å²) in [5.74, 6) is -0.146. The van der Waals surface area contributed by atoms with Gasteiger partial charge in [-0.1, -0.05) is 24.6 Å². The first kappa shape index (κ1) is 22.4. The van der Waals surface area contributed by atoms with Crippen LogP contribution in [0.1, 0.15) is 61.0 Å². The zero-order valence-electron chi connectivity index (χ0n) is 19.1. The van der Waals surface area contributed by atoms with Crippen molar-refractivity contribution in [3.63, 3.8) is 0 Å². The molecule has 1 amide bonds. The van der Waals surface area contributed by atoms with Crippen LogP contribution in [0.15, 0.2) is 59.6 Å². The molecule has 0 radical (unpaired) electrons. The van der Waals surface area contributed by atoms with E-state index in [9.17, 15) is 9.18 Å².